The third-order valence-corrected chi connectivity index (χ3v) is 4.57. The van der Waals surface area contributed by atoms with Gasteiger partial charge in [-0.2, -0.15) is 0 Å². The van der Waals surface area contributed by atoms with Gasteiger partial charge in [0.1, 0.15) is 0 Å². The zero-order valence-electron chi connectivity index (χ0n) is 12.9. The number of hydrogen-bond donors (Lipinski definition) is 2. The molecule has 1 fully saturated rings. The van der Waals surface area contributed by atoms with E-state index in [0.29, 0.717) is 12.0 Å². The quantitative estimate of drug-likeness (QED) is 0.892. The number of hydrogen-bond acceptors (Lipinski definition) is 3. The highest BCUT2D eigenvalue weighted by Gasteiger charge is 2.23. The minimum atomic E-state index is 0.261. The van der Waals surface area contributed by atoms with Crippen molar-refractivity contribution in [3.05, 3.63) is 58.8 Å². The van der Waals surface area contributed by atoms with Crippen LogP contribution in [0.1, 0.15) is 24.9 Å². The predicted molar refractivity (Wildman–Crippen MR) is 90.9 cm³/mol. The summed E-state index contributed by atoms with van der Waals surface area (Å²) in [7, 11) is 0. The van der Waals surface area contributed by atoms with Crippen LogP contribution >= 0.6 is 11.6 Å². The third kappa shape index (κ3) is 3.92. The van der Waals surface area contributed by atoms with Crippen molar-refractivity contribution >= 4 is 11.6 Å². The first-order chi connectivity index (χ1) is 10.7. The smallest absolute Gasteiger partial charge is 0.0765 e. The summed E-state index contributed by atoms with van der Waals surface area (Å²) in [6.07, 6.45) is 8.05. The first-order valence-electron chi connectivity index (χ1n) is 7.95. The van der Waals surface area contributed by atoms with E-state index in [0.717, 1.165) is 31.1 Å². The van der Waals surface area contributed by atoms with E-state index in [9.17, 15) is 0 Å². The van der Waals surface area contributed by atoms with E-state index in [1.165, 1.54) is 11.3 Å². The van der Waals surface area contributed by atoms with Crippen LogP contribution in [0.4, 0.5) is 0 Å². The Hall–Kier alpha value is -1.29. The second-order valence-corrected chi connectivity index (χ2v) is 6.39. The van der Waals surface area contributed by atoms with Gasteiger partial charge in [0.15, 0.2) is 0 Å². The molecular weight excluding hydrogens is 296 g/mol. The molecule has 3 atom stereocenters. The molecule has 3 nitrogen and oxygen atoms in total. The van der Waals surface area contributed by atoms with Gasteiger partial charge in [0.25, 0.3) is 0 Å². The minimum Gasteiger partial charge on any atom is -0.379 e. The summed E-state index contributed by atoms with van der Waals surface area (Å²) in [4.78, 5) is 0. The molecule has 2 aliphatic rings. The van der Waals surface area contributed by atoms with Crippen molar-refractivity contribution in [2.75, 3.05) is 19.7 Å². The molecule has 0 aromatic heterocycles. The second kappa shape index (κ2) is 7.32. The Kier molecular flexibility index (Phi) is 5.19. The fourth-order valence-electron chi connectivity index (χ4n) is 2.97. The molecule has 1 aromatic carbocycles. The fourth-order valence-corrected chi connectivity index (χ4v) is 3.09. The number of nitrogens with one attached hydrogen (secondary N) is 2. The van der Waals surface area contributed by atoms with Crippen LogP contribution in [0.15, 0.2) is 48.2 Å². The van der Waals surface area contributed by atoms with E-state index < -0.39 is 0 Å². The summed E-state index contributed by atoms with van der Waals surface area (Å²) in [6, 6.07) is 8.26. The number of rotatable bonds is 4. The highest BCUT2D eigenvalue weighted by atomic mass is 35.5. The highest BCUT2D eigenvalue weighted by molar-refractivity contribution is 6.30. The van der Waals surface area contributed by atoms with Gasteiger partial charge >= 0.3 is 0 Å². The molecule has 22 heavy (non-hydrogen) atoms. The second-order valence-electron chi connectivity index (χ2n) is 5.95. The number of ether oxygens (including phenoxy) is 1. The van der Waals surface area contributed by atoms with Crippen LogP contribution in [0.2, 0.25) is 5.02 Å². The summed E-state index contributed by atoms with van der Waals surface area (Å²) in [5, 5.41) is 7.72. The molecule has 1 aliphatic heterocycles. The molecule has 0 radical (unpaired) electrons. The lowest BCUT2D eigenvalue weighted by Gasteiger charge is -2.30. The Morgan fingerprint density at radius 1 is 1.32 bits per heavy atom. The average Bonchev–Trinajstić information content (AvgIpc) is 2.57. The zero-order valence-corrected chi connectivity index (χ0v) is 13.6. The molecule has 0 bridgehead atoms. The molecule has 4 heteroatoms. The molecule has 1 aliphatic carbocycles. The molecule has 3 rings (SSSR count). The summed E-state index contributed by atoms with van der Waals surface area (Å²) in [5.74, 6) is 0.476. The molecule has 2 N–H and O–H groups in total. The summed E-state index contributed by atoms with van der Waals surface area (Å²) in [6.45, 7) is 4.90. The van der Waals surface area contributed by atoms with Crippen LogP contribution in [0, 0.1) is 5.92 Å². The third-order valence-electron chi connectivity index (χ3n) is 4.32. The van der Waals surface area contributed by atoms with Gasteiger partial charge in [-0.1, -0.05) is 35.9 Å². The van der Waals surface area contributed by atoms with Crippen molar-refractivity contribution in [2.45, 2.75) is 25.5 Å². The van der Waals surface area contributed by atoms with Gasteiger partial charge in [-0.15, -0.1) is 0 Å². The lowest BCUT2D eigenvalue weighted by molar-refractivity contribution is 0.00349. The van der Waals surface area contributed by atoms with Crippen LogP contribution in [0.3, 0.4) is 0 Å². The SMILES string of the molecule is CC(NC1=CCC([C@H]2CNCCO2)C=C1)c1ccc(Cl)cc1. The highest BCUT2D eigenvalue weighted by Crippen LogP contribution is 2.23. The molecule has 2 unspecified atom stereocenters. The summed E-state index contributed by atoms with van der Waals surface area (Å²) in [5.41, 5.74) is 2.42. The first kappa shape index (κ1) is 15.6. The maximum Gasteiger partial charge on any atom is 0.0765 e. The number of halogens is 1. The van der Waals surface area contributed by atoms with Crippen LogP contribution in [0.25, 0.3) is 0 Å². The molecule has 0 saturated carbocycles. The molecule has 118 valence electrons. The van der Waals surface area contributed by atoms with Gasteiger partial charge in [0.05, 0.1) is 12.7 Å². The Labute approximate surface area is 137 Å². The van der Waals surface area contributed by atoms with Crippen molar-refractivity contribution in [3.63, 3.8) is 0 Å². The van der Waals surface area contributed by atoms with E-state index in [1.54, 1.807) is 0 Å². The van der Waals surface area contributed by atoms with Crippen LogP contribution < -0.4 is 10.6 Å². The fraction of sp³-hybridized carbons (Fsp3) is 0.444. The average molecular weight is 319 g/mol. The van der Waals surface area contributed by atoms with Crippen molar-refractivity contribution in [3.8, 4) is 0 Å². The van der Waals surface area contributed by atoms with Gasteiger partial charge in [-0.3, -0.25) is 0 Å². The standard InChI is InChI=1S/C18H23ClN2O/c1-13(14-2-6-16(19)7-3-14)21-17-8-4-15(5-9-17)18-12-20-10-11-22-18/h2-4,6-9,13,15,18,20-21H,5,10-12H2,1H3/t13?,15?,18-/m1/s1. The van der Waals surface area contributed by atoms with Gasteiger partial charge in [0.2, 0.25) is 0 Å². The van der Waals surface area contributed by atoms with E-state index in [4.69, 9.17) is 16.3 Å². The maximum absolute atomic E-state index is 5.94. The van der Waals surface area contributed by atoms with Gasteiger partial charge < -0.3 is 15.4 Å². The summed E-state index contributed by atoms with van der Waals surface area (Å²) < 4.78 is 5.84. The number of benzene rings is 1. The maximum atomic E-state index is 5.94. The topological polar surface area (TPSA) is 33.3 Å². The van der Waals surface area contributed by atoms with E-state index >= 15 is 0 Å². The van der Waals surface area contributed by atoms with E-state index in [1.807, 2.05) is 12.1 Å². The first-order valence-corrected chi connectivity index (χ1v) is 8.33. The van der Waals surface area contributed by atoms with Crippen molar-refractivity contribution in [2.24, 2.45) is 5.92 Å². The van der Waals surface area contributed by atoms with Gasteiger partial charge in [0, 0.05) is 35.8 Å². The molecule has 0 spiro atoms. The van der Waals surface area contributed by atoms with E-state index in [-0.39, 0.29) is 6.04 Å². The largest absolute Gasteiger partial charge is 0.379 e. The van der Waals surface area contributed by atoms with Crippen molar-refractivity contribution in [1.82, 2.24) is 10.6 Å². The lowest BCUT2D eigenvalue weighted by Crippen LogP contribution is -2.42. The Balaban J connectivity index is 1.55. The minimum absolute atomic E-state index is 0.261. The van der Waals surface area contributed by atoms with E-state index in [2.05, 4.69) is 47.9 Å². The molecular formula is C18H23ClN2O. The van der Waals surface area contributed by atoms with Crippen LogP contribution in [0.5, 0.6) is 0 Å². The van der Waals surface area contributed by atoms with Crippen molar-refractivity contribution < 1.29 is 4.74 Å². The Morgan fingerprint density at radius 3 is 2.77 bits per heavy atom. The number of morpholine rings is 1. The van der Waals surface area contributed by atoms with Crippen molar-refractivity contribution in [1.29, 1.82) is 0 Å². The molecule has 0 amide bonds. The van der Waals surface area contributed by atoms with Gasteiger partial charge in [-0.25, -0.2) is 0 Å². The zero-order chi connectivity index (χ0) is 15.4. The van der Waals surface area contributed by atoms with Crippen LogP contribution in [-0.4, -0.2) is 25.8 Å². The molecule has 1 heterocycles. The normalized spacial score (nSPS) is 26.4. The Morgan fingerprint density at radius 2 is 2.14 bits per heavy atom. The van der Waals surface area contributed by atoms with Crippen LogP contribution in [-0.2, 0) is 4.74 Å². The number of allylic oxidation sites excluding steroid dienone is 2. The molecule has 1 aromatic rings. The molecule has 1 saturated heterocycles. The Bertz CT molecular complexity index is 547. The van der Waals surface area contributed by atoms with Gasteiger partial charge in [-0.05, 0) is 37.1 Å². The summed E-state index contributed by atoms with van der Waals surface area (Å²) >= 11 is 5.94. The monoisotopic (exact) mass is 318 g/mol. The lowest BCUT2D eigenvalue weighted by atomic mass is 9.92. The predicted octanol–water partition coefficient (Wildman–Crippen LogP) is 3.44.